The molecule has 2 aliphatic heterocycles. The molecule has 2 aromatic carbocycles. The summed E-state index contributed by atoms with van der Waals surface area (Å²) in [5.74, 6) is -3.34. The number of aryl methyl sites for hydroxylation is 1. The lowest BCUT2D eigenvalue weighted by Gasteiger charge is -2.19. The zero-order valence-electron chi connectivity index (χ0n) is 20.9. The number of carbonyl (C=O) groups is 1. The Kier molecular flexibility index (Phi) is 9.06. The third-order valence-electron chi connectivity index (χ3n) is 6.42. The number of rotatable bonds is 8. The van der Waals surface area contributed by atoms with E-state index in [1.54, 1.807) is 36.5 Å². The average molecular weight is 510 g/mol. The lowest BCUT2D eigenvalue weighted by Crippen LogP contribution is -2.37. The zero-order valence-corrected chi connectivity index (χ0v) is 20.9. The Morgan fingerprint density at radius 3 is 2.46 bits per heavy atom. The Balaban J connectivity index is 0.000000173. The molecule has 1 aromatic heterocycles. The molecule has 3 heterocycles. The Hall–Kier alpha value is -3.52. The van der Waals surface area contributed by atoms with Crippen molar-refractivity contribution in [1.82, 2.24) is 9.88 Å². The maximum absolute atomic E-state index is 13.3. The molecule has 2 N–H and O–H groups in total. The minimum Gasteiger partial charge on any atom is -0.486 e. The number of likely N-dealkylation sites (tertiary alicyclic amines) is 1. The Morgan fingerprint density at radius 1 is 0.946 bits per heavy atom. The standard InChI is InChI=1S/C15H21NO2.C14H12F2N2O/c1-2-8-16(7-1)9-3-4-13-5-6-14-15(12-13)18-11-10-17-14;15-14(16,13(17)19)9-10-4-3-5-11(8-10)12-6-1-2-7-18-12/h5-6,12H,1-4,7-11H2;1-8H,9H2,(H2,17,19). The van der Waals surface area contributed by atoms with E-state index < -0.39 is 18.3 Å². The van der Waals surface area contributed by atoms with Crippen molar-refractivity contribution < 1.29 is 23.0 Å². The number of ether oxygens (including phenoxy) is 2. The number of nitrogens with zero attached hydrogens (tertiary/aromatic N) is 2. The highest BCUT2D eigenvalue weighted by Gasteiger charge is 2.36. The van der Waals surface area contributed by atoms with E-state index in [9.17, 15) is 13.6 Å². The summed E-state index contributed by atoms with van der Waals surface area (Å²) in [7, 11) is 0. The number of amides is 1. The van der Waals surface area contributed by atoms with Crippen molar-refractivity contribution in [2.24, 2.45) is 5.73 Å². The molecule has 1 fully saturated rings. The molecule has 0 unspecified atom stereocenters. The average Bonchev–Trinajstić information content (AvgIpc) is 3.43. The second-order valence-electron chi connectivity index (χ2n) is 9.29. The maximum Gasteiger partial charge on any atom is 0.328 e. The van der Waals surface area contributed by atoms with Crippen molar-refractivity contribution in [3.8, 4) is 22.8 Å². The summed E-state index contributed by atoms with van der Waals surface area (Å²) in [6.07, 6.45) is 6.05. The lowest BCUT2D eigenvalue weighted by atomic mass is 10.0. The lowest BCUT2D eigenvalue weighted by molar-refractivity contribution is -0.141. The summed E-state index contributed by atoms with van der Waals surface area (Å²) in [4.78, 5) is 17.4. The quantitative estimate of drug-likeness (QED) is 0.468. The largest absolute Gasteiger partial charge is 0.486 e. The molecule has 0 radical (unpaired) electrons. The van der Waals surface area contributed by atoms with Crippen LogP contribution in [0, 0.1) is 0 Å². The van der Waals surface area contributed by atoms with Crippen LogP contribution in [-0.2, 0) is 17.6 Å². The molecule has 3 aromatic rings. The van der Waals surface area contributed by atoms with E-state index in [1.807, 2.05) is 12.1 Å². The van der Waals surface area contributed by atoms with E-state index in [2.05, 4.69) is 27.8 Å². The highest BCUT2D eigenvalue weighted by atomic mass is 19.3. The summed E-state index contributed by atoms with van der Waals surface area (Å²) >= 11 is 0. The van der Waals surface area contributed by atoms with Crippen molar-refractivity contribution in [2.45, 2.75) is 38.0 Å². The number of hydrogen-bond acceptors (Lipinski definition) is 5. The van der Waals surface area contributed by atoms with Crippen LogP contribution in [-0.4, -0.2) is 54.6 Å². The number of aromatic nitrogens is 1. The molecule has 196 valence electrons. The molecular formula is C29H33F2N3O3. The first-order valence-electron chi connectivity index (χ1n) is 12.7. The molecule has 5 rings (SSSR count). The van der Waals surface area contributed by atoms with Gasteiger partial charge in [0.05, 0.1) is 5.69 Å². The first-order valence-corrected chi connectivity index (χ1v) is 12.7. The first-order chi connectivity index (χ1) is 17.9. The van der Waals surface area contributed by atoms with Crippen LogP contribution >= 0.6 is 0 Å². The Labute approximate surface area is 216 Å². The molecule has 0 saturated carbocycles. The van der Waals surface area contributed by atoms with Gasteiger partial charge in [-0.25, -0.2) is 0 Å². The summed E-state index contributed by atoms with van der Waals surface area (Å²) in [6, 6.07) is 18.2. The maximum atomic E-state index is 13.3. The van der Waals surface area contributed by atoms with E-state index in [-0.39, 0.29) is 0 Å². The second kappa shape index (κ2) is 12.6. The van der Waals surface area contributed by atoms with Crippen molar-refractivity contribution in [3.05, 3.63) is 78.0 Å². The van der Waals surface area contributed by atoms with E-state index in [0.717, 1.165) is 23.5 Å². The van der Waals surface area contributed by atoms with E-state index in [0.29, 0.717) is 24.5 Å². The summed E-state index contributed by atoms with van der Waals surface area (Å²) in [5, 5.41) is 0. The molecule has 0 atom stereocenters. The number of halogens is 2. The molecule has 0 bridgehead atoms. The number of benzene rings is 2. The van der Waals surface area contributed by atoms with Crippen molar-refractivity contribution >= 4 is 5.91 Å². The smallest absolute Gasteiger partial charge is 0.328 e. The first kappa shape index (κ1) is 26.5. The van der Waals surface area contributed by atoms with Gasteiger partial charge in [0.1, 0.15) is 13.2 Å². The molecule has 1 saturated heterocycles. The zero-order chi connectivity index (χ0) is 26.1. The fraction of sp³-hybridized carbons (Fsp3) is 0.379. The number of fused-ring (bicyclic) bond motifs is 1. The number of hydrogen-bond donors (Lipinski definition) is 1. The van der Waals surface area contributed by atoms with Gasteiger partial charge >= 0.3 is 5.92 Å². The van der Waals surface area contributed by atoms with Crippen LogP contribution < -0.4 is 15.2 Å². The highest BCUT2D eigenvalue weighted by molar-refractivity contribution is 5.82. The van der Waals surface area contributed by atoms with Gasteiger partial charge in [0, 0.05) is 18.2 Å². The highest BCUT2D eigenvalue weighted by Crippen LogP contribution is 2.31. The van der Waals surface area contributed by atoms with Gasteiger partial charge in [-0.05, 0) is 86.8 Å². The van der Waals surface area contributed by atoms with Crippen molar-refractivity contribution in [1.29, 1.82) is 0 Å². The molecule has 2 aliphatic rings. The molecule has 8 heteroatoms. The topological polar surface area (TPSA) is 77.7 Å². The Bertz CT molecular complexity index is 1170. The molecular weight excluding hydrogens is 476 g/mol. The van der Waals surface area contributed by atoms with Crippen LogP contribution in [0.2, 0.25) is 0 Å². The van der Waals surface area contributed by atoms with Crippen LogP contribution in [0.25, 0.3) is 11.3 Å². The summed E-state index contributed by atoms with van der Waals surface area (Å²) < 4.78 is 37.7. The number of alkyl halides is 2. The van der Waals surface area contributed by atoms with E-state index >= 15 is 0 Å². The van der Waals surface area contributed by atoms with Gasteiger partial charge in [-0.15, -0.1) is 0 Å². The number of carbonyl (C=O) groups excluding carboxylic acids is 1. The fourth-order valence-electron chi connectivity index (χ4n) is 4.47. The van der Waals surface area contributed by atoms with Gasteiger partial charge in [0.2, 0.25) is 0 Å². The van der Waals surface area contributed by atoms with Gasteiger partial charge in [0.25, 0.3) is 5.91 Å². The molecule has 37 heavy (non-hydrogen) atoms. The minimum atomic E-state index is -3.54. The predicted molar refractivity (Wildman–Crippen MR) is 139 cm³/mol. The minimum absolute atomic E-state index is 0.340. The Morgan fingerprint density at radius 2 is 1.73 bits per heavy atom. The van der Waals surface area contributed by atoms with Gasteiger partial charge in [-0.2, -0.15) is 8.78 Å². The van der Waals surface area contributed by atoms with Gasteiger partial charge in [0.15, 0.2) is 11.5 Å². The normalized spacial score (nSPS) is 15.1. The predicted octanol–water partition coefficient (Wildman–Crippen LogP) is 4.90. The third kappa shape index (κ3) is 7.73. The SMILES string of the molecule is NC(=O)C(F)(F)Cc1cccc(-c2ccccn2)c1.c1cc2c(cc1CCCN1CCCC1)OCCO2. The number of primary amides is 1. The number of nitrogens with two attached hydrogens (primary N) is 1. The fourth-order valence-corrected chi connectivity index (χ4v) is 4.47. The summed E-state index contributed by atoms with van der Waals surface area (Å²) in [6.45, 7) is 5.16. The van der Waals surface area contributed by atoms with Gasteiger partial charge in [-0.1, -0.05) is 30.3 Å². The summed E-state index contributed by atoms with van der Waals surface area (Å²) in [5.41, 5.74) is 7.77. The van der Waals surface area contributed by atoms with Crippen molar-refractivity contribution in [2.75, 3.05) is 32.8 Å². The molecule has 0 spiro atoms. The monoisotopic (exact) mass is 509 g/mol. The number of pyridine rings is 1. The van der Waals surface area contributed by atoms with Crippen LogP contribution in [0.15, 0.2) is 66.9 Å². The van der Waals surface area contributed by atoms with Gasteiger partial charge in [-0.3, -0.25) is 9.78 Å². The third-order valence-corrected chi connectivity index (χ3v) is 6.42. The van der Waals surface area contributed by atoms with Crippen LogP contribution in [0.4, 0.5) is 8.78 Å². The van der Waals surface area contributed by atoms with E-state index in [1.165, 1.54) is 50.5 Å². The van der Waals surface area contributed by atoms with Crippen LogP contribution in [0.1, 0.15) is 30.4 Å². The van der Waals surface area contributed by atoms with E-state index in [4.69, 9.17) is 9.47 Å². The molecule has 6 nitrogen and oxygen atoms in total. The molecule has 1 amide bonds. The van der Waals surface area contributed by atoms with Crippen LogP contribution in [0.5, 0.6) is 11.5 Å². The van der Waals surface area contributed by atoms with Crippen molar-refractivity contribution in [3.63, 3.8) is 0 Å². The second-order valence-corrected chi connectivity index (χ2v) is 9.29. The van der Waals surface area contributed by atoms with Gasteiger partial charge < -0.3 is 20.1 Å². The van der Waals surface area contributed by atoms with Crippen LogP contribution in [0.3, 0.4) is 0 Å². The molecule has 0 aliphatic carbocycles.